The first kappa shape index (κ1) is 17.3. The second-order valence-electron chi connectivity index (χ2n) is 4.97. The van der Waals surface area contributed by atoms with Gasteiger partial charge in [0.25, 0.3) is 0 Å². The van der Waals surface area contributed by atoms with Gasteiger partial charge in [-0.3, -0.25) is 0 Å². The Hall–Kier alpha value is -2.08. The Bertz CT molecular complexity index is 647. The standard InChI is InChI=1S/C17H18BrNO4/c1-4-19-9-13(16(20)22-2)15(14(10-19)17(21)23-3)11-6-5-7-12(18)8-11/h5-10,15H,4H2,1-3H3. The molecule has 0 fully saturated rings. The van der Waals surface area contributed by atoms with E-state index in [0.29, 0.717) is 17.7 Å². The van der Waals surface area contributed by atoms with Crippen LogP contribution in [0.3, 0.4) is 0 Å². The molecule has 0 amide bonds. The number of esters is 2. The molecule has 122 valence electrons. The summed E-state index contributed by atoms with van der Waals surface area (Å²) in [7, 11) is 2.65. The van der Waals surface area contributed by atoms with Crippen LogP contribution in [-0.4, -0.2) is 37.6 Å². The SMILES string of the molecule is CCN1C=C(C(=O)OC)C(c2cccc(Br)c2)C(C(=O)OC)=C1. The molecular formula is C17H18BrNO4. The number of methoxy groups -OCH3 is 2. The Balaban J connectivity index is 2.60. The van der Waals surface area contributed by atoms with E-state index in [1.807, 2.05) is 31.2 Å². The van der Waals surface area contributed by atoms with Gasteiger partial charge < -0.3 is 14.4 Å². The molecular weight excluding hydrogens is 362 g/mol. The van der Waals surface area contributed by atoms with Gasteiger partial charge in [-0.1, -0.05) is 28.1 Å². The Morgan fingerprint density at radius 2 is 1.70 bits per heavy atom. The molecule has 1 aliphatic rings. The first-order valence-electron chi connectivity index (χ1n) is 7.13. The summed E-state index contributed by atoms with van der Waals surface area (Å²) in [5.41, 5.74) is 1.61. The van der Waals surface area contributed by atoms with E-state index in [2.05, 4.69) is 15.9 Å². The molecule has 0 aliphatic carbocycles. The number of halogens is 1. The summed E-state index contributed by atoms with van der Waals surface area (Å²) in [5.74, 6) is -1.47. The fourth-order valence-electron chi connectivity index (χ4n) is 2.52. The minimum atomic E-state index is -0.532. The van der Waals surface area contributed by atoms with Crippen LogP contribution in [0.1, 0.15) is 18.4 Å². The van der Waals surface area contributed by atoms with Gasteiger partial charge in [0.2, 0.25) is 0 Å². The van der Waals surface area contributed by atoms with E-state index in [-0.39, 0.29) is 0 Å². The molecule has 1 aromatic carbocycles. The number of hydrogen-bond acceptors (Lipinski definition) is 5. The maximum Gasteiger partial charge on any atom is 0.336 e. The van der Waals surface area contributed by atoms with E-state index in [1.54, 1.807) is 17.3 Å². The summed E-state index contributed by atoms with van der Waals surface area (Å²) in [5, 5.41) is 0. The summed E-state index contributed by atoms with van der Waals surface area (Å²) in [6, 6.07) is 7.48. The van der Waals surface area contributed by atoms with E-state index in [0.717, 1.165) is 10.0 Å². The first-order chi connectivity index (χ1) is 11.0. The Labute approximate surface area is 143 Å². The van der Waals surface area contributed by atoms with E-state index < -0.39 is 17.9 Å². The van der Waals surface area contributed by atoms with Crippen LogP contribution in [0.25, 0.3) is 0 Å². The number of carbonyl (C=O) groups excluding carboxylic acids is 2. The van der Waals surface area contributed by atoms with E-state index in [9.17, 15) is 9.59 Å². The lowest BCUT2D eigenvalue weighted by Gasteiger charge is -2.29. The summed E-state index contributed by atoms with van der Waals surface area (Å²) < 4.78 is 10.7. The molecule has 1 aromatic rings. The van der Waals surface area contributed by atoms with Crippen LogP contribution in [0, 0.1) is 0 Å². The number of ether oxygens (including phenoxy) is 2. The molecule has 0 atom stereocenters. The molecule has 0 aromatic heterocycles. The molecule has 0 N–H and O–H groups in total. The van der Waals surface area contributed by atoms with Crippen molar-refractivity contribution >= 4 is 27.9 Å². The van der Waals surface area contributed by atoms with Crippen LogP contribution in [-0.2, 0) is 19.1 Å². The molecule has 2 rings (SSSR count). The maximum atomic E-state index is 12.2. The van der Waals surface area contributed by atoms with Crippen molar-refractivity contribution in [2.45, 2.75) is 12.8 Å². The molecule has 0 saturated carbocycles. The largest absolute Gasteiger partial charge is 0.466 e. The Kier molecular flexibility index (Phi) is 5.60. The van der Waals surface area contributed by atoms with Gasteiger partial charge in [0, 0.05) is 23.4 Å². The lowest BCUT2D eigenvalue weighted by molar-refractivity contribution is -0.137. The van der Waals surface area contributed by atoms with Crippen molar-refractivity contribution in [3.8, 4) is 0 Å². The smallest absolute Gasteiger partial charge is 0.336 e. The average molecular weight is 380 g/mol. The second-order valence-corrected chi connectivity index (χ2v) is 5.89. The minimum Gasteiger partial charge on any atom is -0.466 e. The maximum absolute atomic E-state index is 12.2. The van der Waals surface area contributed by atoms with Gasteiger partial charge >= 0.3 is 11.9 Å². The molecule has 0 radical (unpaired) electrons. The third-order valence-corrected chi connectivity index (χ3v) is 4.11. The highest BCUT2D eigenvalue weighted by Gasteiger charge is 2.34. The molecule has 0 unspecified atom stereocenters. The highest BCUT2D eigenvalue weighted by molar-refractivity contribution is 9.10. The fourth-order valence-corrected chi connectivity index (χ4v) is 2.93. The van der Waals surface area contributed by atoms with Crippen LogP contribution >= 0.6 is 15.9 Å². The molecule has 0 spiro atoms. The third kappa shape index (κ3) is 3.64. The third-order valence-electron chi connectivity index (χ3n) is 3.62. The molecule has 0 saturated heterocycles. The van der Waals surface area contributed by atoms with Crippen molar-refractivity contribution in [2.75, 3.05) is 20.8 Å². The highest BCUT2D eigenvalue weighted by atomic mass is 79.9. The van der Waals surface area contributed by atoms with Gasteiger partial charge in [0.05, 0.1) is 31.3 Å². The average Bonchev–Trinajstić information content (AvgIpc) is 2.59. The summed E-state index contributed by atoms with van der Waals surface area (Å²) in [6.45, 7) is 2.54. The molecule has 1 aliphatic heterocycles. The first-order valence-corrected chi connectivity index (χ1v) is 7.92. The quantitative estimate of drug-likeness (QED) is 0.752. The van der Waals surface area contributed by atoms with Crippen molar-refractivity contribution in [2.24, 2.45) is 0 Å². The van der Waals surface area contributed by atoms with Gasteiger partial charge in [0.15, 0.2) is 0 Å². The summed E-state index contributed by atoms with van der Waals surface area (Å²) in [6.07, 6.45) is 3.42. The van der Waals surface area contributed by atoms with Crippen molar-refractivity contribution in [3.63, 3.8) is 0 Å². The Morgan fingerprint density at radius 1 is 1.13 bits per heavy atom. The lowest BCUT2D eigenvalue weighted by Crippen LogP contribution is -2.28. The van der Waals surface area contributed by atoms with Gasteiger partial charge in [-0.05, 0) is 24.6 Å². The lowest BCUT2D eigenvalue weighted by atomic mass is 9.83. The van der Waals surface area contributed by atoms with Gasteiger partial charge in [0.1, 0.15) is 0 Å². The van der Waals surface area contributed by atoms with Gasteiger partial charge in [-0.25, -0.2) is 9.59 Å². The highest BCUT2D eigenvalue weighted by Crippen LogP contribution is 2.37. The van der Waals surface area contributed by atoms with Crippen LogP contribution in [0.4, 0.5) is 0 Å². The summed E-state index contributed by atoms with van der Waals surface area (Å²) in [4.78, 5) is 26.3. The van der Waals surface area contributed by atoms with Crippen molar-refractivity contribution in [1.82, 2.24) is 4.90 Å². The molecule has 1 heterocycles. The number of benzene rings is 1. The normalized spacial score (nSPS) is 14.9. The van der Waals surface area contributed by atoms with Crippen LogP contribution in [0.15, 0.2) is 52.3 Å². The minimum absolute atomic E-state index is 0.398. The monoisotopic (exact) mass is 379 g/mol. The number of rotatable bonds is 4. The van der Waals surface area contributed by atoms with Crippen LogP contribution < -0.4 is 0 Å². The van der Waals surface area contributed by atoms with Crippen LogP contribution in [0.5, 0.6) is 0 Å². The molecule has 6 heteroatoms. The van der Waals surface area contributed by atoms with E-state index >= 15 is 0 Å². The predicted molar refractivity (Wildman–Crippen MR) is 89.5 cm³/mol. The predicted octanol–water partition coefficient (Wildman–Crippen LogP) is 2.98. The van der Waals surface area contributed by atoms with Crippen molar-refractivity contribution in [1.29, 1.82) is 0 Å². The molecule has 0 bridgehead atoms. The van der Waals surface area contributed by atoms with Crippen molar-refractivity contribution < 1.29 is 19.1 Å². The number of carbonyl (C=O) groups is 2. The summed E-state index contributed by atoms with van der Waals surface area (Å²) >= 11 is 3.42. The second kappa shape index (κ2) is 7.46. The topological polar surface area (TPSA) is 55.8 Å². The van der Waals surface area contributed by atoms with E-state index in [4.69, 9.17) is 9.47 Å². The van der Waals surface area contributed by atoms with E-state index in [1.165, 1.54) is 14.2 Å². The van der Waals surface area contributed by atoms with Crippen molar-refractivity contribution in [3.05, 3.63) is 57.8 Å². The number of nitrogens with zero attached hydrogens (tertiary/aromatic N) is 1. The Morgan fingerprint density at radius 3 is 2.13 bits per heavy atom. The zero-order chi connectivity index (χ0) is 17.0. The molecule has 23 heavy (non-hydrogen) atoms. The zero-order valence-electron chi connectivity index (χ0n) is 13.2. The molecule has 5 nitrogen and oxygen atoms in total. The van der Waals surface area contributed by atoms with Gasteiger partial charge in [-0.15, -0.1) is 0 Å². The van der Waals surface area contributed by atoms with Crippen LogP contribution in [0.2, 0.25) is 0 Å². The fraction of sp³-hybridized carbons (Fsp3) is 0.294. The number of hydrogen-bond donors (Lipinski definition) is 0. The zero-order valence-corrected chi connectivity index (χ0v) is 14.8. The van der Waals surface area contributed by atoms with Gasteiger partial charge in [-0.2, -0.15) is 0 Å².